The van der Waals surface area contributed by atoms with Gasteiger partial charge in [-0.25, -0.2) is 4.79 Å². The zero-order chi connectivity index (χ0) is 14.3. The first-order chi connectivity index (χ1) is 8.16. The summed E-state index contributed by atoms with van der Waals surface area (Å²) in [6.45, 7) is 7.53. The summed E-state index contributed by atoms with van der Waals surface area (Å²) in [5.41, 5.74) is 0. The quantitative estimate of drug-likeness (QED) is 0.736. The first-order valence-corrected chi connectivity index (χ1v) is 5.46. The standard InChI is InChI=1S/C8H16N2O.C2HF3O2/c1-7(2)8(11)10-5-3-9-4-6-10;3-2(4,5)1(6)7/h7,9H,3-6H2,1-2H3;(H,6,7). The molecule has 1 aliphatic heterocycles. The Bertz CT molecular complexity index is 287. The highest BCUT2D eigenvalue weighted by molar-refractivity contribution is 5.78. The Hall–Kier alpha value is -1.31. The van der Waals surface area contributed by atoms with Crippen molar-refractivity contribution in [2.24, 2.45) is 5.92 Å². The van der Waals surface area contributed by atoms with Crippen molar-refractivity contribution in [3.8, 4) is 0 Å². The first-order valence-electron chi connectivity index (χ1n) is 5.46. The number of carbonyl (C=O) groups is 2. The lowest BCUT2D eigenvalue weighted by Crippen LogP contribution is -2.47. The average molecular weight is 270 g/mol. The molecule has 1 fully saturated rings. The SMILES string of the molecule is CC(C)C(=O)N1CCNCC1.O=C(O)C(F)(F)F. The second-order valence-corrected chi connectivity index (χ2v) is 4.03. The van der Waals surface area contributed by atoms with Gasteiger partial charge >= 0.3 is 12.1 Å². The van der Waals surface area contributed by atoms with Crippen molar-refractivity contribution in [2.75, 3.05) is 26.2 Å². The Balaban J connectivity index is 0.000000360. The van der Waals surface area contributed by atoms with E-state index in [2.05, 4.69) is 5.32 Å². The predicted molar refractivity (Wildman–Crippen MR) is 58.0 cm³/mol. The molecule has 18 heavy (non-hydrogen) atoms. The van der Waals surface area contributed by atoms with Gasteiger partial charge < -0.3 is 15.3 Å². The summed E-state index contributed by atoms with van der Waals surface area (Å²) in [6.07, 6.45) is -5.08. The normalized spacial score (nSPS) is 16.0. The third-order valence-corrected chi connectivity index (χ3v) is 2.17. The van der Waals surface area contributed by atoms with Crippen LogP contribution in [0.25, 0.3) is 0 Å². The molecule has 0 bridgehead atoms. The van der Waals surface area contributed by atoms with Gasteiger partial charge in [0.1, 0.15) is 0 Å². The molecular formula is C10H17F3N2O3. The smallest absolute Gasteiger partial charge is 0.475 e. The molecule has 106 valence electrons. The first kappa shape index (κ1) is 16.7. The maximum Gasteiger partial charge on any atom is 0.490 e. The lowest BCUT2D eigenvalue weighted by atomic mass is 10.2. The van der Waals surface area contributed by atoms with Gasteiger partial charge in [0.2, 0.25) is 5.91 Å². The Morgan fingerprint density at radius 3 is 1.89 bits per heavy atom. The fourth-order valence-corrected chi connectivity index (χ4v) is 1.25. The van der Waals surface area contributed by atoms with Crippen molar-refractivity contribution in [3.05, 3.63) is 0 Å². The number of carboxylic acids is 1. The second-order valence-electron chi connectivity index (χ2n) is 4.03. The number of hydrogen-bond acceptors (Lipinski definition) is 3. The number of carboxylic acid groups (broad SMARTS) is 1. The lowest BCUT2D eigenvalue weighted by molar-refractivity contribution is -0.192. The largest absolute Gasteiger partial charge is 0.490 e. The van der Waals surface area contributed by atoms with Crippen LogP contribution in [0.5, 0.6) is 0 Å². The molecule has 1 aliphatic rings. The number of halogens is 3. The molecule has 0 aromatic carbocycles. The molecule has 0 unspecified atom stereocenters. The van der Waals surface area contributed by atoms with Gasteiger partial charge in [0, 0.05) is 32.1 Å². The number of aliphatic carboxylic acids is 1. The van der Waals surface area contributed by atoms with E-state index in [0.29, 0.717) is 0 Å². The molecule has 8 heteroatoms. The van der Waals surface area contributed by atoms with E-state index < -0.39 is 12.1 Å². The number of carbonyl (C=O) groups excluding carboxylic acids is 1. The maximum absolute atomic E-state index is 11.4. The van der Waals surface area contributed by atoms with Crippen molar-refractivity contribution < 1.29 is 27.9 Å². The van der Waals surface area contributed by atoms with Gasteiger partial charge in [-0.1, -0.05) is 13.8 Å². The van der Waals surface area contributed by atoms with Crippen molar-refractivity contribution in [1.29, 1.82) is 0 Å². The molecule has 1 saturated heterocycles. The summed E-state index contributed by atoms with van der Waals surface area (Å²) in [4.78, 5) is 22.2. The van der Waals surface area contributed by atoms with Crippen LogP contribution in [-0.2, 0) is 9.59 Å². The van der Waals surface area contributed by atoms with Gasteiger partial charge in [-0.05, 0) is 0 Å². The molecule has 0 saturated carbocycles. The number of nitrogens with one attached hydrogen (secondary N) is 1. The predicted octanol–water partition coefficient (Wildman–Crippen LogP) is 0.708. The number of alkyl halides is 3. The highest BCUT2D eigenvalue weighted by Gasteiger charge is 2.38. The lowest BCUT2D eigenvalue weighted by Gasteiger charge is -2.28. The molecule has 1 rings (SSSR count). The molecule has 0 aliphatic carbocycles. The number of piperazine rings is 1. The monoisotopic (exact) mass is 270 g/mol. The van der Waals surface area contributed by atoms with Crippen LogP contribution in [0.2, 0.25) is 0 Å². The minimum atomic E-state index is -5.08. The minimum Gasteiger partial charge on any atom is -0.475 e. The zero-order valence-corrected chi connectivity index (χ0v) is 10.3. The van der Waals surface area contributed by atoms with Crippen LogP contribution in [-0.4, -0.2) is 54.2 Å². The van der Waals surface area contributed by atoms with Crippen LogP contribution < -0.4 is 5.32 Å². The van der Waals surface area contributed by atoms with Crippen LogP contribution >= 0.6 is 0 Å². The summed E-state index contributed by atoms with van der Waals surface area (Å²) in [5.74, 6) is -2.33. The van der Waals surface area contributed by atoms with Crippen molar-refractivity contribution in [1.82, 2.24) is 10.2 Å². The van der Waals surface area contributed by atoms with E-state index in [4.69, 9.17) is 9.90 Å². The van der Waals surface area contributed by atoms with Crippen LogP contribution in [0, 0.1) is 5.92 Å². The summed E-state index contributed by atoms with van der Waals surface area (Å²) in [6, 6.07) is 0. The van der Waals surface area contributed by atoms with Crippen LogP contribution in [0.1, 0.15) is 13.8 Å². The number of nitrogens with zero attached hydrogens (tertiary/aromatic N) is 1. The Morgan fingerprint density at radius 1 is 1.22 bits per heavy atom. The molecule has 0 atom stereocenters. The summed E-state index contributed by atoms with van der Waals surface area (Å²) < 4.78 is 31.7. The summed E-state index contributed by atoms with van der Waals surface area (Å²) in [7, 11) is 0. The van der Waals surface area contributed by atoms with Gasteiger partial charge in [0.05, 0.1) is 0 Å². The van der Waals surface area contributed by atoms with E-state index in [1.54, 1.807) is 0 Å². The average Bonchev–Trinajstić information content (AvgIpc) is 2.28. The van der Waals surface area contributed by atoms with E-state index in [9.17, 15) is 18.0 Å². The zero-order valence-electron chi connectivity index (χ0n) is 10.3. The topological polar surface area (TPSA) is 69.6 Å². The molecule has 5 nitrogen and oxygen atoms in total. The number of rotatable bonds is 1. The van der Waals surface area contributed by atoms with Crippen LogP contribution in [0.15, 0.2) is 0 Å². The van der Waals surface area contributed by atoms with Gasteiger partial charge in [0.25, 0.3) is 0 Å². The second kappa shape index (κ2) is 7.20. The van der Waals surface area contributed by atoms with Gasteiger partial charge in [0.15, 0.2) is 0 Å². The third-order valence-electron chi connectivity index (χ3n) is 2.17. The Morgan fingerprint density at radius 2 is 1.61 bits per heavy atom. The van der Waals surface area contributed by atoms with Crippen molar-refractivity contribution in [3.63, 3.8) is 0 Å². The molecule has 0 spiro atoms. The Labute approximate surface area is 103 Å². The highest BCUT2D eigenvalue weighted by Crippen LogP contribution is 2.13. The maximum atomic E-state index is 11.4. The van der Waals surface area contributed by atoms with E-state index >= 15 is 0 Å². The van der Waals surface area contributed by atoms with Crippen LogP contribution in [0.3, 0.4) is 0 Å². The molecule has 1 heterocycles. The molecular weight excluding hydrogens is 253 g/mol. The fourth-order valence-electron chi connectivity index (χ4n) is 1.25. The fraction of sp³-hybridized carbons (Fsp3) is 0.800. The van der Waals surface area contributed by atoms with E-state index in [1.165, 1.54) is 0 Å². The summed E-state index contributed by atoms with van der Waals surface area (Å²) in [5, 5.41) is 10.3. The third kappa shape index (κ3) is 6.43. The van der Waals surface area contributed by atoms with Gasteiger partial charge in [-0.2, -0.15) is 13.2 Å². The molecule has 2 N–H and O–H groups in total. The van der Waals surface area contributed by atoms with Crippen molar-refractivity contribution in [2.45, 2.75) is 20.0 Å². The molecule has 0 radical (unpaired) electrons. The Kier molecular flexibility index (Phi) is 6.67. The van der Waals surface area contributed by atoms with E-state index in [1.807, 2.05) is 18.7 Å². The molecule has 0 aromatic heterocycles. The number of hydrogen-bond donors (Lipinski definition) is 2. The minimum absolute atomic E-state index is 0.146. The summed E-state index contributed by atoms with van der Waals surface area (Å²) >= 11 is 0. The van der Waals surface area contributed by atoms with E-state index in [0.717, 1.165) is 26.2 Å². The number of amides is 1. The molecule has 0 aromatic rings. The van der Waals surface area contributed by atoms with Crippen LogP contribution in [0.4, 0.5) is 13.2 Å². The van der Waals surface area contributed by atoms with E-state index in [-0.39, 0.29) is 11.8 Å². The van der Waals surface area contributed by atoms with Gasteiger partial charge in [-0.3, -0.25) is 4.79 Å². The van der Waals surface area contributed by atoms with Crippen molar-refractivity contribution >= 4 is 11.9 Å². The highest BCUT2D eigenvalue weighted by atomic mass is 19.4. The van der Waals surface area contributed by atoms with Gasteiger partial charge in [-0.15, -0.1) is 0 Å². The molecule has 1 amide bonds.